The Morgan fingerprint density at radius 3 is 2.82 bits per heavy atom. The Hall–Kier alpha value is -1.49. The highest BCUT2D eigenvalue weighted by molar-refractivity contribution is 7.18. The molecule has 0 aliphatic carbocycles. The zero-order chi connectivity index (χ0) is 12.8. The molecule has 0 saturated heterocycles. The predicted molar refractivity (Wildman–Crippen MR) is 74.7 cm³/mol. The summed E-state index contributed by atoms with van der Waals surface area (Å²) in [5.74, 6) is -0.106. The van der Waals surface area contributed by atoms with Gasteiger partial charge in [-0.05, 0) is 26.8 Å². The Kier molecular flexibility index (Phi) is 5.03. The molecule has 1 heterocycles. The van der Waals surface area contributed by atoms with Gasteiger partial charge in [0, 0.05) is 13.1 Å². The molecule has 94 valence electrons. The second kappa shape index (κ2) is 6.30. The molecule has 5 heteroatoms. The smallest absolute Gasteiger partial charge is 0.263 e. The standard InChI is InChI=1S/C12H19N3OS/c1-4-14-12(16)11-9(13)7-10(17-11)15-6-5-8(2)3/h5,7,15H,4,6,13H2,1-3H3,(H,14,16). The summed E-state index contributed by atoms with van der Waals surface area (Å²) in [5.41, 5.74) is 7.58. The summed E-state index contributed by atoms with van der Waals surface area (Å²) in [6, 6.07) is 1.80. The molecule has 17 heavy (non-hydrogen) atoms. The molecule has 0 atom stereocenters. The van der Waals surface area contributed by atoms with Crippen LogP contribution >= 0.6 is 11.3 Å². The summed E-state index contributed by atoms with van der Waals surface area (Å²) in [6.07, 6.45) is 2.09. The zero-order valence-corrected chi connectivity index (χ0v) is 11.3. The Morgan fingerprint density at radius 2 is 2.24 bits per heavy atom. The number of carbonyl (C=O) groups is 1. The van der Waals surface area contributed by atoms with Gasteiger partial charge < -0.3 is 16.4 Å². The van der Waals surface area contributed by atoms with E-state index in [1.807, 2.05) is 20.8 Å². The van der Waals surface area contributed by atoms with Crippen LogP contribution in [0.4, 0.5) is 10.7 Å². The van der Waals surface area contributed by atoms with E-state index in [2.05, 4.69) is 16.7 Å². The van der Waals surface area contributed by atoms with Crippen LogP contribution in [-0.2, 0) is 0 Å². The van der Waals surface area contributed by atoms with E-state index in [1.165, 1.54) is 16.9 Å². The van der Waals surface area contributed by atoms with Gasteiger partial charge in [0.05, 0.1) is 10.7 Å². The molecular weight excluding hydrogens is 234 g/mol. The van der Waals surface area contributed by atoms with Crippen LogP contribution in [0.2, 0.25) is 0 Å². The van der Waals surface area contributed by atoms with Gasteiger partial charge >= 0.3 is 0 Å². The van der Waals surface area contributed by atoms with E-state index in [-0.39, 0.29) is 5.91 Å². The molecule has 4 nitrogen and oxygen atoms in total. The van der Waals surface area contributed by atoms with Gasteiger partial charge in [0.15, 0.2) is 0 Å². The molecule has 0 unspecified atom stereocenters. The van der Waals surface area contributed by atoms with Crippen molar-refractivity contribution in [3.05, 3.63) is 22.6 Å². The van der Waals surface area contributed by atoms with Gasteiger partial charge in [0.1, 0.15) is 4.88 Å². The van der Waals surface area contributed by atoms with E-state index >= 15 is 0 Å². The van der Waals surface area contributed by atoms with Crippen LogP contribution in [0.5, 0.6) is 0 Å². The lowest BCUT2D eigenvalue weighted by atomic mass is 10.3. The third kappa shape index (κ3) is 4.11. The minimum absolute atomic E-state index is 0.106. The average molecular weight is 253 g/mol. The van der Waals surface area contributed by atoms with Gasteiger partial charge in [-0.1, -0.05) is 11.6 Å². The lowest BCUT2D eigenvalue weighted by molar-refractivity contribution is 0.0960. The Balaban J connectivity index is 2.68. The van der Waals surface area contributed by atoms with Crippen molar-refractivity contribution in [2.24, 2.45) is 0 Å². The third-order valence-electron chi connectivity index (χ3n) is 2.09. The van der Waals surface area contributed by atoms with Crippen LogP contribution in [0, 0.1) is 0 Å². The molecule has 0 radical (unpaired) electrons. The molecule has 1 aromatic heterocycles. The van der Waals surface area contributed by atoms with Gasteiger partial charge in [-0.3, -0.25) is 4.79 Å². The third-order valence-corrected chi connectivity index (χ3v) is 3.20. The number of nitrogen functional groups attached to an aromatic ring is 1. The first-order valence-corrected chi connectivity index (χ1v) is 6.41. The number of hydrogen-bond donors (Lipinski definition) is 3. The number of nitrogens with two attached hydrogens (primary N) is 1. The van der Waals surface area contributed by atoms with Gasteiger partial charge in [-0.15, -0.1) is 11.3 Å². The summed E-state index contributed by atoms with van der Waals surface area (Å²) in [6.45, 7) is 7.33. The lowest BCUT2D eigenvalue weighted by Gasteiger charge is -1.99. The zero-order valence-electron chi connectivity index (χ0n) is 10.5. The summed E-state index contributed by atoms with van der Waals surface area (Å²) in [7, 11) is 0. The fourth-order valence-corrected chi connectivity index (χ4v) is 2.17. The molecule has 0 aromatic carbocycles. The van der Waals surface area contributed by atoms with Crippen molar-refractivity contribution in [2.75, 3.05) is 24.1 Å². The maximum Gasteiger partial charge on any atom is 0.263 e. The highest BCUT2D eigenvalue weighted by Gasteiger charge is 2.12. The monoisotopic (exact) mass is 253 g/mol. The van der Waals surface area contributed by atoms with Gasteiger partial charge in [0.25, 0.3) is 5.91 Å². The van der Waals surface area contributed by atoms with Crippen molar-refractivity contribution >= 4 is 27.9 Å². The van der Waals surface area contributed by atoms with Crippen molar-refractivity contribution in [1.82, 2.24) is 5.32 Å². The summed E-state index contributed by atoms with van der Waals surface area (Å²) < 4.78 is 0. The van der Waals surface area contributed by atoms with Crippen LogP contribution in [0.25, 0.3) is 0 Å². The highest BCUT2D eigenvalue weighted by atomic mass is 32.1. The Labute approximate surface area is 106 Å². The van der Waals surface area contributed by atoms with Crippen LogP contribution in [-0.4, -0.2) is 19.0 Å². The minimum Gasteiger partial charge on any atom is -0.397 e. The largest absolute Gasteiger partial charge is 0.397 e. The van der Waals surface area contributed by atoms with E-state index < -0.39 is 0 Å². The SMILES string of the molecule is CCNC(=O)c1sc(NCC=C(C)C)cc1N. The molecule has 0 spiro atoms. The molecule has 1 aromatic rings. The summed E-state index contributed by atoms with van der Waals surface area (Å²) in [5, 5.41) is 6.88. The Bertz CT molecular complexity index is 419. The first kappa shape index (κ1) is 13.6. The number of carbonyl (C=O) groups excluding carboxylic acids is 1. The number of thiophene rings is 1. The molecular formula is C12H19N3OS. The van der Waals surface area contributed by atoms with E-state index in [9.17, 15) is 4.79 Å². The first-order valence-electron chi connectivity index (χ1n) is 5.59. The second-order valence-electron chi connectivity index (χ2n) is 3.92. The number of hydrogen-bond acceptors (Lipinski definition) is 4. The first-order chi connectivity index (χ1) is 8.04. The van der Waals surface area contributed by atoms with E-state index in [4.69, 9.17) is 5.73 Å². The molecule has 0 aliphatic heterocycles. The summed E-state index contributed by atoms with van der Waals surface area (Å²) in [4.78, 5) is 12.2. The Morgan fingerprint density at radius 1 is 1.53 bits per heavy atom. The number of nitrogens with one attached hydrogen (secondary N) is 2. The second-order valence-corrected chi connectivity index (χ2v) is 4.97. The van der Waals surface area contributed by atoms with Crippen molar-refractivity contribution in [2.45, 2.75) is 20.8 Å². The average Bonchev–Trinajstić information content (AvgIpc) is 2.59. The van der Waals surface area contributed by atoms with Crippen molar-refractivity contribution in [3.8, 4) is 0 Å². The van der Waals surface area contributed by atoms with Crippen LogP contribution in [0.1, 0.15) is 30.4 Å². The van der Waals surface area contributed by atoms with Crippen molar-refractivity contribution in [1.29, 1.82) is 0 Å². The van der Waals surface area contributed by atoms with Gasteiger partial charge in [-0.25, -0.2) is 0 Å². The quantitative estimate of drug-likeness (QED) is 0.706. The minimum atomic E-state index is -0.106. The molecule has 0 saturated carbocycles. The lowest BCUT2D eigenvalue weighted by Crippen LogP contribution is -2.22. The van der Waals surface area contributed by atoms with E-state index in [1.54, 1.807) is 6.07 Å². The number of allylic oxidation sites excluding steroid dienone is 1. The fourth-order valence-electron chi connectivity index (χ4n) is 1.27. The van der Waals surface area contributed by atoms with E-state index in [0.29, 0.717) is 17.1 Å². The fraction of sp³-hybridized carbons (Fsp3) is 0.417. The topological polar surface area (TPSA) is 67.2 Å². The van der Waals surface area contributed by atoms with Crippen LogP contribution < -0.4 is 16.4 Å². The van der Waals surface area contributed by atoms with Gasteiger partial charge in [0.2, 0.25) is 0 Å². The molecule has 0 aliphatic rings. The number of anilines is 2. The maximum atomic E-state index is 11.6. The molecule has 1 amide bonds. The van der Waals surface area contributed by atoms with Crippen molar-refractivity contribution in [3.63, 3.8) is 0 Å². The van der Waals surface area contributed by atoms with Crippen LogP contribution in [0.15, 0.2) is 17.7 Å². The van der Waals surface area contributed by atoms with Gasteiger partial charge in [-0.2, -0.15) is 0 Å². The molecule has 0 fully saturated rings. The van der Waals surface area contributed by atoms with E-state index in [0.717, 1.165) is 11.5 Å². The molecule has 1 rings (SSSR count). The molecule has 0 bridgehead atoms. The number of rotatable bonds is 5. The van der Waals surface area contributed by atoms with Crippen molar-refractivity contribution < 1.29 is 4.79 Å². The number of amides is 1. The highest BCUT2D eigenvalue weighted by Crippen LogP contribution is 2.28. The maximum absolute atomic E-state index is 11.6. The summed E-state index contributed by atoms with van der Waals surface area (Å²) >= 11 is 1.38. The molecule has 4 N–H and O–H groups in total. The normalized spacial score (nSPS) is 9.82. The predicted octanol–water partition coefficient (Wildman–Crippen LogP) is 2.46. The van der Waals surface area contributed by atoms with Crippen LogP contribution in [0.3, 0.4) is 0 Å².